The Morgan fingerprint density at radius 2 is 2.16 bits per heavy atom. The number of likely N-dealkylation sites (tertiary alicyclic amines) is 1. The summed E-state index contributed by atoms with van der Waals surface area (Å²) < 4.78 is 0. The number of piperidine rings is 1. The summed E-state index contributed by atoms with van der Waals surface area (Å²) in [4.78, 5) is 16.0. The van der Waals surface area contributed by atoms with Gasteiger partial charge in [0.2, 0.25) is 0 Å². The lowest BCUT2D eigenvalue weighted by Gasteiger charge is -2.37. The Morgan fingerprint density at radius 1 is 1.53 bits per heavy atom. The molecular weight excluding hydrogens is 242 g/mol. The third-order valence-electron chi connectivity index (χ3n) is 3.92. The van der Waals surface area contributed by atoms with E-state index in [0.29, 0.717) is 6.54 Å². The molecule has 1 saturated heterocycles. The molecule has 5 heteroatoms. The lowest BCUT2D eigenvalue weighted by Crippen LogP contribution is -2.53. The summed E-state index contributed by atoms with van der Waals surface area (Å²) in [5.74, 6) is 0. The molecule has 1 rings (SSSR count). The van der Waals surface area contributed by atoms with Crippen LogP contribution in [0.5, 0.6) is 0 Å². The first kappa shape index (κ1) is 16.2. The van der Waals surface area contributed by atoms with Gasteiger partial charge in [-0.25, -0.2) is 4.79 Å². The maximum absolute atomic E-state index is 12.2. The van der Waals surface area contributed by atoms with E-state index in [2.05, 4.69) is 24.1 Å². The van der Waals surface area contributed by atoms with E-state index in [-0.39, 0.29) is 23.6 Å². The zero-order valence-electron chi connectivity index (χ0n) is 12.9. The van der Waals surface area contributed by atoms with Crippen molar-refractivity contribution in [3.63, 3.8) is 0 Å². The van der Waals surface area contributed by atoms with Crippen molar-refractivity contribution in [2.45, 2.75) is 45.8 Å². The van der Waals surface area contributed by atoms with E-state index in [1.807, 2.05) is 21.0 Å². The molecule has 0 bridgehead atoms. The van der Waals surface area contributed by atoms with Crippen LogP contribution < -0.4 is 5.32 Å². The first-order valence-electron chi connectivity index (χ1n) is 7.10. The first-order chi connectivity index (χ1) is 8.72. The van der Waals surface area contributed by atoms with Gasteiger partial charge in [0.25, 0.3) is 0 Å². The van der Waals surface area contributed by atoms with Gasteiger partial charge in [-0.1, -0.05) is 13.8 Å². The van der Waals surface area contributed by atoms with E-state index in [1.54, 1.807) is 4.90 Å². The smallest absolute Gasteiger partial charge is 0.317 e. The summed E-state index contributed by atoms with van der Waals surface area (Å²) in [5, 5.41) is 12.7. The van der Waals surface area contributed by atoms with Crippen molar-refractivity contribution in [2.75, 3.05) is 33.7 Å². The number of rotatable bonds is 4. The molecule has 5 nitrogen and oxygen atoms in total. The Bertz CT molecular complexity index is 305. The van der Waals surface area contributed by atoms with E-state index in [9.17, 15) is 9.90 Å². The van der Waals surface area contributed by atoms with Crippen LogP contribution in [0.1, 0.15) is 33.6 Å². The van der Waals surface area contributed by atoms with Gasteiger partial charge in [-0.15, -0.1) is 0 Å². The van der Waals surface area contributed by atoms with Crippen molar-refractivity contribution in [2.24, 2.45) is 5.41 Å². The number of aliphatic hydroxyl groups is 1. The normalized spacial score (nSPS) is 22.5. The molecule has 19 heavy (non-hydrogen) atoms. The number of nitrogens with one attached hydrogen (secondary N) is 1. The van der Waals surface area contributed by atoms with Gasteiger partial charge in [0.15, 0.2) is 0 Å². The van der Waals surface area contributed by atoms with Crippen molar-refractivity contribution in [3.05, 3.63) is 0 Å². The predicted octanol–water partition coefficient (Wildman–Crippen LogP) is 1.13. The minimum Gasteiger partial charge on any atom is -0.391 e. The number of nitrogens with zero attached hydrogens (tertiary/aromatic N) is 2. The Balaban J connectivity index is 2.51. The number of β-amino-alcohol motifs (C(OH)–C–C–N with tert-alkyl or cyclic N) is 1. The molecule has 1 fully saturated rings. The Labute approximate surface area is 117 Å². The second-order valence-electron chi connectivity index (χ2n) is 6.64. The molecule has 1 aliphatic rings. The zero-order valence-corrected chi connectivity index (χ0v) is 12.9. The fraction of sp³-hybridized carbons (Fsp3) is 0.929. The average molecular weight is 271 g/mol. The molecule has 0 aromatic heterocycles. The van der Waals surface area contributed by atoms with E-state index in [1.165, 1.54) is 0 Å². The standard InChI is InChI=1S/C14H29N3O2/c1-11(14(2,3)10-16(4)5)15-13(19)17-8-6-7-12(18)9-17/h11-12,18H,6-10H2,1-5H3,(H,15,19)/t11-,12-/m1/s1. The van der Waals surface area contributed by atoms with Gasteiger partial charge in [0, 0.05) is 25.7 Å². The van der Waals surface area contributed by atoms with Crippen LogP contribution in [0.3, 0.4) is 0 Å². The molecule has 1 aliphatic heterocycles. The lowest BCUT2D eigenvalue weighted by molar-refractivity contribution is 0.0804. The quantitative estimate of drug-likeness (QED) is 0.806. The second kappa shape index (κ2) is 6.57. The lowest BCUT2D eigenvalue weighted by atomic mass is 9.85. The number of aliphatic hydroxyl groups excluding tert-OH is 1. The molecule has 0 radical (unpaired) electrons. The highest BCUT2D eigenvalue weighted by molar-refractivity contribution is 5.74. The molecule has 2 N–H and O–H groups in total. The molecular formula is C14H29N3O2. The molecule has 0 saturated carbocycles. The highest BCUT2D eigenvalue weighted by Gasteiger charge is 2.30. The molecule has 0 unspecified atom stereocenters. The van der Waals surface area contributed by atoms with E-state index in [4.69, 9.17) is 0 Å². The summed E-state index contributed by atoms with van der Waals surface area (Å²) in [6.07, 6.45) is 1.31. The minimum absolute atomic E-state index is 0.00750. The van der Waals surface area contributed by atoms with Crippen molar-refractivity contribution in [1.82, 2.24) is 15.1 Å². The van der Waals surface area contributed by atoms with E-state index in [0.717, 1.165) is 25.9 Å². The fourth-order valence-corrected chi connectivity index (χ4v) is 2.56. The molecule has 0 aromatic rings. The topological polar surface area (TPSA) is 55.8 Å². The minimum atomic E-state index is -0.371. The van der Waals surface area contributed by atoms with Gasteiger partial charge in [0.05, 0.1) is 6.10 Å². The predicted molar refractivity (Wildman–Crippen MR) is 77.1 cm³/mol. The zero-order chi connectivity index (χ0) is 14.6. The number of amides is 2. The van der Waals surface area contributed by atoms with Crippen LogP contribution in [0.25, 0.3) is 0 Å². The summed E-state index contributed by atoms with van der Waals surface area (Å²) >= 11 is 0. The third kappa shape index (κ3) is 4.99. The van der Waals surface area contributed by atoms with Crippen molar-refractivity contribution in [3.8, 4) is 0 Å². The molecule has 0 spiro atoms. The molecule has 0 aromatic carbocycles. The highest BCUT2D eigenvalue weighted by Crippen LogP contribution is 2.21. The summed E-state index contributed by atoms with van der Waals surface area (Å²) in [6.45, 7) is 8.46. The van der Waals surface area contributed by atoms with Crippen LogP contribution in [0.4, 0.5) is 4.79 Å². The van der Waals surface area contributed by atoms with Crippen LogP contribution >= 0.6 is 0 Å². The summed E-state index contributed by atoms with van der Waals surface area (Å²) in [6, 6.07) is 0.0274. The van der Waals surface area contributed by atoms with Crippen molar-refractivity contribution < 1.29 is 9.90 Å². The fourth-order valence-electron chi connectivity index (χ4n) is 2.56. The number of hydrogen-bond acceptors (Lipinski definition) is 3. The van der Waals surface area contributed by atoms with Gasteiger partial charge in [-0.05, 0) is 39.3 Å². The molecule has 0 aliphatic carbocycles. The van der Waals surface area contributed by atoms with Gasteiger partial charge in [-0.2, -0.15) is 0 Å². The Kier molecular flexibility index (Phi) is 5.62. The maximum atomic E-state index is 12.2. The first-order valence-corrected chi connectivity index (χ1v) is 7.10. The van der Waals surface area contributed by atoms with E-state index >= 15 is 0 Å². The van der Waals surface area contributed by atoms with Crippen LogP contribution in [0, 0.1) is 5.41 Å². The SMILES string of the molecule is C[C@@H](NC(=O)N1CCC[C@@H](O)C1)C(C)(C)CN(C)C. The summed E-state index contributed by atoms with van der Waals surface area (Å²) in [5.41, 5.74) is 0.00750. The van der Waals surface area contributed by atoms with Gasteiger partial charge >= 0.3 is 6.03 Å². The maximum Gasteiger partial charge on any atom is 0.317 e. The molecule has 112 valence electrons. The number of carbonyl (C=O) groups is 1. The largest absolute Gasteiger partial charge is 0.391 e. The van der Waals surface area contributed by atoms with Crippen LogP contribution in [-0.4, -0.2) is 66.8 Å². The highest BCUT2D eigenvalue weighted by atomic mass is 16.3. The summed E-state index contributed by atoms with van der Waals surface area (Å²) in [7, 11) is 4.08. The van der Waals surface area contributed by atoms with E-state index < -0.39 is 0 Å². The van der Waals surface area contributed by atoms with Gasteiger partial charge in [0.1, 0.15) is 0 Å². The van der Waals surface area contributed by atoms with Crippen molar-refractivity contribution >= 4 is 6.03 Å². The van der Waals surface area contributed by atoms with Crippen LogP contribution in [-0.2, 0) is 0 Å². The average Bonchev–Trinajstić information content (AvgIpc) is 2.27. The van der Waals surface area contributed by atoms with Gasteiger partial charge < -0.3 is 20.2 Å². The number of urea groups is 1. The Hall–Kier alpha value is -0.810. The van der Waals surface area contributed by atoms with Crippen LogP contribution in [0.15, 0.2) is 0 Å². The third-order valence-corrected chi connectivity index (χ3v) is 3.92. The Morgan fingerprint density at radius 3 is 2.68 bits per heavy atom. The number of hydrogen-bond donors (Lipinski definition) is 2. The molecule has 1 heterocycles. The number of carbonyl (C=O) groups excluding carboxylic acids is 1. The van der Waals surface area contributed by atoms with Crippen LogP contribution in [0.2, 0.25) is 0 Å². The molecule has 2 atom stereocenters. The van der Waals surface area contributed by atoms with Crippen molar-refractivity contribution in [1.29, 1.82) is 0 Å². The second-order valence-corrected chi connectivity index (χ2v) is 6.64. The van der Waals surface area contributed by atoms with Gasteiger partial charge in [-0.3, -0.25) is 0 Å². The monoisotopic (exact) mass is 271 g/mol. The molecule has 2 amide bonds.